The topological polar surface area (TPSA) is 0 Å². The smallest absolute Gasteiger partial charge is 0.0672 e. The van der Waals surface area contributed by atoms with Gasteiger partial charge in [0.15, 0.2) is 0 Å². The van der Waals surface area contributed by atoms with Gasteiger partial charge in [-0.3, -0.25) is 0 Å². The van der Waals surface area contributed by atoms with Crippen LogP contribution in [0.5, 0.6) is 0 Å². The van der Waals surface area contributed by atoms with Crippen molar-refractivity contribution < 1.29 is 0 Å². The Bertz CT molecular complexity index is 249. The molecular formula is C10H14Si. The molecular weight excluding hydrogens is 148 g/mol. The van der Waals surface area contributed by atoms with E-state index in [1.807, 2.05) is 0 Å². The van der Waals surface area contributed by atoms with Crippen molar-refractivity contribution in [3.05, 3.63) is 24.3 Å². The van der Waals surface area contributed by atoms with Crippen LogP contribution < -0.4 is 10.4 Å². The molecule has 0 saturated carbocycles. The predicted molar refractivity (Wildman–Crippen MR) is 52.4 cm³/mol. The van der Waals surface area contributed by atoms with Gasteiger partial charge in [-0.15, -0.1) is 0 Å². The van der Waals surface area contributed by atoms with Crippen LogP contribution in [0.3, 0.4) is 0 Å². The molecule has 0 aromatic heterocycles. The Balaban J connectivity index is 2.40. The molecule has 0 saturated heterocycles. The summed E-state index contributed by atoms with van der Waals surface area (Å²) in [4.78, 5) is 0. The van der Waals surface area contributed by atoms with Crippen molar-refractivity contribution in [1.82, 2.24) is 0 Å². The molecule has 1 aromatic carbocycles. The molecule has 0 fully saturated rings. The van der Waals surface area contributed by atoms with Gasteiger partial charge in [0.25, 0.3) is 0 Å². The average Bonchev–Trinajstić information content (AvgIpc) is 2.74. The molecule has 0 N–H and O–H groups in total. The van der Waals surface area contributed by atoms with Crippen LogP contribution in [0.25, 0.3) is 0 Å². The van der Waals surface area contributed by atoms with E-state index in [0.29, 0.717) is 0 Å². The van der Waals surface area contributed by atoms with Crippen LogP contribution in [0.1, 0.15) is 13.8 Å². The van der Waals surface area contributed by atoms with Crippen LogP contribution in [0.4, 0.5) is 0 Å². The molecule has 1 aromatic rings. The van der Waals surface area contributed by atoms with Gasteiger partial charge in [-0.25, -0.2) is 0 Å². The first-order chi connectivity index (χ1) is 5.35. The highest BCUT2D eigenvalue weighted by Crippen LogP contribution is 2.24. The molecule has 0 nitrogen and oxygen atoms in total. The van der Waals surface area contributed by atoms with Gasteiger partial charge in [0.1, 0.15) is 8.07 Å². The van der Waals surface area contributed by atoms with Gasteiger partial charge in [-0.2, -0.15) is 0 Å². The summed E-state index contributed by atoms with van der Waals surface area (Å²) >= 11 is 0. The van der Waals surface area contributed by atoms with Gasteiger partial charge in [-0.1, -0.05) is 60.6 Å². The Morgan fingerprint density at radius 2 is 1.45 bits per heavy atom. The molecule has 0 amide bonds. The highest BCUT2D eigenvalue weighted by atomic mass is 28.3. The minimum absolute atomic E-state index is 0.938. The lowest BCUT2D eigenvalue weighted by Gasteiger charge is -2.05. The molecule has 0 unspecified atom stereocenters. The zero-order valence-electron chi connectivity index (χ0n) is 7.22. The van der Waals surface area contributed by atoms with E-state index in [4.69, 9.17) is 0 Å². The standard InChI is InChI=1S/C10H14Si/c1-3-11(4-2)9-7-5-6-8-10(9)11/h5-8H,3-4H2,1-2H3. The Morgan fingerprint density at radius 1 is 1.00 bits per heavy atom. The van der Waals surface area contributed by atoms with E-state index in [1.165, 1.54) is 12.1 Å². The van der Waals surface area contributed by atoms with Crippen LogP contribution in [-0.2, 0) is 0 Å². The zero-order chi connectivity index (χ0) is 7.90. The highest BCUT2D eigenvalue weighted by molar-refractivity contribution is 7.17. The number of benzene rings is 1. The van der Waals surface area contributed by atoms with Gasteiger partial charge in [0.05, 0.1) is 0 Å². The number of hydrogen-bond donors (Lipinski definition) is 0. The van der Waals surface area contributed by atoms with E-state index in [1.54, 1.807) is 10.4 Å². The van der Waals surface area contributed by atoms with Crippen molar-refractivity contribution in [3.8, 4) is 0 Å². The third-order valence-corrected chi connectivity index (χ3v) is 8.20. The van der Waals surface area contributed by atoms with Crippen molar-refractivity contribution in [2.45, 2.75) is 25.9 Å². The maximum atomic E-state index is 2.34. The minimum Gasteiger partial charge on any atom is -0.0672 e. The molecule has 1 aliphatic heterocycles. The van der Waals surface area contributed by atoms with E-state index < -0.39 is 8.07 Å². The fourth-order valence-corrected chi connectivity index (χ4v) is 6.58. The van der Waals surface area contributed by atoms with Gasteiger partial charge in [0.2, 0.25) is 0 Å². The maximum absolute atomic E-state index is 2.34. The molecule has 2 rings (SSSR count). The van der Waals surface area contributed by atoms with Gasteiger partial charge >= 0.3 is 0 Å². The lowest BCUT2D eigenvalue weighted by molar-refractivity contribution is 1.32. The summed E-state index contributed by atoms with van der Waals surface area (Å²) in [6.45, 7) is 4.69. The second kappa shape index (κ2) is 2.21. The van der Waals surface area contributed by atoms with Crippen LogP contribution in [0.15, 0.2) is 24.3 Å². The highest BCUT2D eigenvalue weighted by Gasteiger charge is 2.48. The molecule has 0 atom stereocenters. The van der Waals surface area contributed by atoms with Crippen LogP contribution in [-0.4, -0.2) is 8.07 Å². The average molecular weight is 162 g/mol. The monoisotopic (exact) mass is 162 g/mol. The fourth-order valence-electron chi connectivity index (χ4n) is 2.22. The molecule has 1 heterocycles. The quantitative estimate of drug-likeness (QED) is 0.580. The van der Waals surface area contributed by atoms with Gasteiger partial charge in [-0.05, 0) is 0 Å². The molecule has 11 heavy (non-hydrogen) atoms. The van der Waals surface area contributed by atoms with Crippen molar-refractivity contribution >= 4 is 18.4 Å². The number of rotatable bonds is 2. The van der Waals surface area contributed by atoms with Crippen molar-refractivity contribution in [3.63, 3.8) is 0 Å². The zero-order valence-corrected chi connectivity index (χ0v) is 8.22. The van der Waals surface area contributed by atoms with E-state index in [2.05, 4.69) is 38.1 Å². The third kappa shape index (κ3) is 0.747. The first kappa shape index (κ1) is 7.11. The molecule has 0 bridgehead atoms. The summed E-state index contributed by atoms with van der Waals surface area (Å²) in [7, 11) is -0.938. The van der Waals surface area contributed by atoms with E-state index in [9.17, 15) is 0 Å². The van der Waals surface area contributed by atoms with Crippen LogP contribution in [0, 0.1) is 0 Å². The number of fused-ring (bicyclic) bond motifs is 1. The second-order valence-electron chi connectivity index (χ2n) is 3.33. The second-order valence-corrected chi connectivity index (χ2v) is 7.99. The Hall–Kier alpha value is -0.563. The Kier molecular flexibility index (Phi) is 1.43. The largest absolute Gasteiger partial charge is 0.117 e. The van der Waals surface area contributed by atoms with Crippen molar-refractivity contribution in [2.75, 3.05) is 0 Å². The summed E-state index contributed by atoms with van der Waals surface area (Å²) in [5.41, 5.74) is 0. The summed E-state index contributed by atoms with van der Waals surface area (Å²) < 4.78 is 0. The van der Waals surface area contributed by atoms with Crippen LogP contribution in [0.2, 0.25) is 12.1 Å². The van der Waals surface area contributed by atoms with E-state index in [-0.39, 0.29) is 0 Å². The first-order valence-corrected chi connectivity index (χ1v) is 6.86. The molecule has 1 heteroatoms. The molecule has 0 radical (unpaired) electrons. The molecule has 0 aliphatic carbocycles. The SMILES string of the molecule is CC[Si]1(CC)c2ccccc21. The van der Waals surface area contributed by atoms with E-state index >= 15 is 0 Å². The lowest BCUT2D eigenvalue weighted by atomic mass is 10.4. The molecule has 1 aliphatic rings. The third-order valence-electron chi connectivity index (χ3n) is 3.10. The predicted octanol–water partition coefficient (Wildman–Crippen LogP) is 1.60. The van der Waals surface area contributed by atoms with Crippen molar-refractivity contribution in [1.29, 1.82) is 0 Å². The number of hydrogen-bond acceptors (Lipinski definition) is 0. The summed E-state index contributed by atoms with van der Waals surface area (Å²) in [6, 6.07) is 11.8. The van der Waals surface area contributed by atoms with Crippen molar-refractivity contribution in [2.24, 2.45) is 0 Å². The minimum atomic E-state index is -0.938. The summed E-state index contributed by atoms with van der Waals surface area (Å²) in [6.07, 6.45) is 0. The summed E-state index contributed by atoms with van der Waals surface area (Å²) in [5.74, 6) is 0. The van der Waals surface area contributed by atoms with E-state index in [0.717, 1.165) is 0 Å². The Morgan fingerprint density at radius 3 is 1.82 bits per heavy atom. The summed E-state index contributed by atoms with van der Waals surface area (Å²) in [5, 5.41) is 3.45. The lowest BCUT2D eigenvalue weighted by Crippen LogP contribution is -2.25. The van der Waals surface area contributed by atoms with Gasteiger partial charge in [0, 0.05) is 0 Å². The van der Waals surface area contributed by atoms with Gasteiger partial charge < -0.3 is 0 Å². The molecule has 58 valence electrons. The van der Waals surface area contributed by atoms with Crippen LogP contribution >= 0.6 is 0 Å². The normalized spacial score (nSPS) is 17.6. The Labute approximate surface area is 69.3 Å². The molecule has 0 spiro atoms. The maximum Gasteiger partial charge on any atom is 0.117 e. The fraction of sp³-hybridized carbons (Fsp3) is 0.400. The first-order valence-electron chi connectivity index (χ1n) is 4.45.